The summed E-state index contributed by atoms with van der Waals surface area (Å²) in [5, 5.41) is 1.03. The predicted octanol–water partition coefficient (Wildman–Crippen LogP) is 2.63. The third-order valence-corrected chi connectivity index (χ3v) is 4.39. The fourth-order valence-corrected chi connectivity index (χ4v) is 2.96. The largest absolute Gasteiger partial charge is 0.364 e. The molecule has 1 saturated carbocycles. The molecule has 3 nitrogen and oxygen atoms in total. The van der Waals surface area contributed by atoms with Crippen LogP contribution < -0.4 is 5.73 Å². The van der Waals surface area contributed by atoms with Crippen molar-refractivity contribution in [3.8, 4) is 0 Å². The van der Waals surface area contributed by atoms with Crippen molar-refractivity contribution in [3.63, 3.8) is 0 Å². The monoisotopic (exact) mass is 224 g/mol. The van der Waals surface area contributed by atoms with Gasteiger partial charge in [-0.3, -0.25) is 4.79 Å². The van der Waals surface area contributed by atoms with Gasteiger partial charge in [0.15, 0.2) is 0 Å². The Morgan fingerprint density at radius 3 is 2.60 bits per heavy atom. The second-order valence-electron chi connectivity index (χ2n) is 4.41. The standard InChI is InChI=1S/C11H16N2OS/c1-6(2)11-13-8(10(12)14)9(15-11)7-4-3-5-7/h6-7H,3-5H2,1-2H3,(H2,12,14). The van der Waals surface area contributed by atoms with Crippen molar-refractivity contribution in [1.29, 1.82) is 0 Å². The molecular weight excluding hydrogens is 208 g/mol. The molecule has 4 heteroatoms. The molecule has 0 aliphatic heterocycles. The molecule has 1 aromatic heterocycles. The van der Waals surface area contributed by atoms with Gasteiger partial charge in [0.25, 0.3) is 5.91 Å². The minimum Gasteiger partial charge on any atom is -0.364 e. The van der Waals surface area contributed by atoms with Crippen LogP contribution in [-0.4, -0.2) is 10.9 Å². The third kappa shape index (κ3) is 1.91. The fourth-order valence-electron chi connectivity index (χ4n) is 1.72. The first-order valence-corrected chi connectivity index (χ1v) is 6.21. The summed E-state index contributed by atoms with van der Waals surface area (Å²) in [5.74, 6) is 0.541. The fraction of sp³-hybridized carbons (Fsp3) is 0.636. The van der Waals surface area contributed by atoms with E-state index in [1.165, 1.54) is 19.3 Å². The highest BCUT2D eigenvalue weighted by Gasteiger charge is 2.28. The van der Waals surface area contributed by atoms with Crippen LogP contribution in [0, 0.1) is 0 Å². The minimum atomic E-state index is -0.375. The molecule has 0 bridgehead atoms. The Hall–Kier alpha value is -0.900. The van der Waals surface area contributed by atoms with Gasteiger partial charge in [-0.15, -0.1) is 11.3 Å². The lowest BCUT2D eigenvalue weighted by atomic mass is 9.83. The van der Waals surface area contributed by atoms with E-state index in [1.807, 2.05) is 0 Å². The van der Waals surface area contributed by atoms with Crippen molar-refractivity contribution < 1.29 is 4.79 Å². The van der Waals surface area contributed by atoms with Crippen LogP contribution in [0.2, 0.25) is 0 Å². The Morgan fingerprint density at radius 1 is 1.53 bits per heavy atom. The van der Waals surface area contributed by atoms with Crippen molar-refractivity contribution in [2.45, 2.75) is 44.9 Å². The number of primary amides is 1. The van der Waals surface area contributed by atoms with E-state index in [4.69, 9.17) is 5.73 Å². The molecule has 1 fully saturated rings. The lowest BCUT2D eigenvalue weighted by molar-refractivity contribution is 0.0994. The average Bonchev–Trinajstić information content (AvgIpc) is 2.45. The van der Waals surface area contributed by atoms with Crippen molar-refractivity contribution in [3.05, 3.63) is 15.6 Å². The molecule has 1 aromatic rings. The smallest absolute Gasteiger partial charge is 0.268 e. The van der Waals surface area contributed by atoms with Crippen molar-refractivity contribution in [1.82, 2.24) is 4.98 Å². The van der Waals surface area contributed by atoms with Gasteiger partial charge >= 0.3 is 0 Å². The van der Waals surface area contributed by atoms with Gasteiger partial charge in [-0.05, 0) is 18.8 Å². The first-order valence-electron chi connectivity index (χ1n) is 5.40. The Balaban J connectivity index is 2.36. The van der Waals surface area contributed by atoms with Crippen LogP contribution >= 0.6 is 11.3 Å². The maximum absolute atomic E-state index is 11.3. The zero-order valence-corrected chi connectivity index (χ0v) is 9.93. The summed E-state index contributed by atoms with van der Waals surface area (Å²) in [6, 6.07) is 0. The maximum Gasteiger partial charge on any atom is 0.268 e. The molecule has 2 rings (SSSR count). The van der Waals surface area contributed by atoms with Crippen LogP contribution in [0.15, 0.2) is 0 Å². The van der Waals surface area contributed by atoms with Gasteiger partial charge in [-0.2, -0.15) is 0 Å². The second-order valence-corrected chi connectivity index (χ2v) is 5.47. The molecule has 1 aliphatic carbocycles. The van der Waals surface area contributed by atoms with E-state index in [-0.39, 0.29) is 5.91 Å². The van der Waals surface area contributed by atoms with Gasteiger partial charge in [-0.25, -0.2) is 4.98 Å². The summed E-state index contributed by atoms with van der Waals surface area (Å²) in [6.07, 6.45) is 3.62. The Bertz CT molecular complexity index is 380. The van der Waals surface area contributed by atoms with E-state index >= 15 is 0 Å². The van der Waals surface area contributed by atoms with Gasteiger partial charge in [-0.1, -0.05) is 20.3 Å². The first kappa shape index (κ1) is 10.6. The molecule has 0 spiro atoms. The number of amides is 1. The molecule has 1 amide bonds. The van der Waals surface area contributed by atoms with Crippen LogP contribution in [0.3, 0.4) is 0 Å². The quantitative estimate of drug-likeness (QED) is 0.858. The number of nitrogens with zero attached hydrogens (tertiary/aromatic N) is 1. The molecule has 1 aliphatic rings. The summed E-state index contributed by atoms with van der Waals surface area (Å²) in [6.45, 7) is 4.18. The molecule has 2 N–H and O–H groups in total. The van der Waals surface area contributed by atoms with E-state index in [0.29, 0.717) is 17.5 Å². The summed E-state index contributed by atoms with van der Waals surface area (Å²) in [7, 11) is 0. The van der Waals surface area contributed by atoms with E-state index in [1.54, 1.807) is 11.3 Å². The van der Waals surface area contributed by atoms with Gasteiger partial charge in [0, 0.05) is 10.8 Å². The average molecular weight is 224 g/mol. The molecule has 0 radical (unpaired) electrons. The van der Waals surface area contributed by atoms with Gasteiger partial charge in [0.05, 0.1) is 5.01 Å². The number of carbonyl (C=O) groups is 1. The lowest BCUT2D eigenvalue weighted by Crippen LogP contribution is -2.17. The zero-order chi connectivity index (χ0) is 11.0. The highest BCUT2D eigenvalue weighted by atomic mass is 32.1. The summed E-state index contributed by atoms with van der Waals surface area (Å²) < 4.78 is 0. The van der Waals surface area contributed by atoms with Crippen LogP contribution in [-0.2, 0) is 0 Å². The molecule has 1 heterocycles. The number of thiazole rings is 1. The molecule has 0 saturated heterocycles. The molecule has 82 valence electrons. The Morgan fingerprint density at radius 2 is 2.20 bits per heavy atom. The van der Waals surface area contributed by atoms with Crippen LogP contribution in [0.4, 0.5) is 0 Å². The van der Waals surface area contributed by atoms with E-state index < -0.39 is 0 Å². The van der Waals surface area contributed by atoms with Crippen LogP contribution in [0.5, 0.6) is 0 Å². The second kappa shape index (κ2) is 3.93. The van der Waals surface area contributed by atoms with Crippen LogP contribution in [0.25, 0.3) is 0 Å². The molecule has 0 unspecified atom stereocenters. The number of aromatic nitrogens is 1. The summed E-state index contributed by atoms with van der Waals surface area (Å²) in [5.41, 5.74) is 5.87. The molecule has 0 aromatic carbocycles. The Labute approximate surface area is 93.7 Å². The summed E-state index contributed by atoms with van der Waals surface area (Å²) >= 11 is 1.67. The molecule has 0 atom stereocenters. The SMILES string of the molecule is CC(C)c1nc(C(N)=O)c(C2CCC2)s1. The Kier molecular flexibility index (Phi) is 2.78. The zero-order valence-electron chi connectivity index (χ0n) is 9.12. The number of carbonyl (C=O) groups excluding carboxylic acids is 1. The van der Waals surface area contributed by atoms with Gasteiger partial charge < -0.3 is 5.73 Å². The minimum absolute atomic E-state index is 0.375. The van der Waals surface area contributed by atoms with E-state index in [0.717, 1.165) is 9.88 Å². The maximum atomic E-state index is 11.3. The predicted molar refractivity (Wildman–Crippen MR) is 61.3 cm³/mol. The molecule has 15 heavy (non-hydrogen) atoms. The van der Waals surface area contributed by atoms with Crippen molar-refractivity contribution >= 4 is 17.2 Å². The lowest BCUT2D eigenvalue weighted by Gasteiger charge is -2.24. The number of hydrogen-bond acceptors (Lipinski definition) is 3. The topological polar surface area (TPSA) is 56.0 Å². The highest BCUT2D eigenvalue weighted by Crippen LogP contribution is 2.41. The third-order valence-electron chi connectivity index (χ3n) is 2.87. The summed E-state index contributed by atoms with van der Waals surface area (Å²) in [4.78, 5) is 16.7. The number of nitrogens with two attached hydrogens (primary N) is 1. The van der Waals surface area contributed by atoms with Gasteiger partial charge in [0.1, 0.15) is 5.69 Å². The first-order chi connectivity index (χ1) is 7.09. The van der Waals surface area contributed by atoms with E-state index in [2.05, 4.69) is 18.8 Å². The van der Waals surface area contributed by atoms with Crippen LogP contribution in [0.1, 0.15) is 65.3 Å². The van der Waals surface area contributed by atoms with Crippen molar-refractivity contribution in [2.24, 2.45) is 5.73 Å². The molecular formula is C11H16N2OS. The normalized spacial score (nSPS) is 16.7. The van der Waals surface area contributed by atoms with Gasteiger partial charge in [0.2, 0.25) is 0 Å². The number of hydrogen-bond donors (Lipinski definition) is 1. The van der Waals surface area contributed by atoms with Crippen molar-refractivity contribution in [2.75, 3.05) is 0 Å². The number of rotatable bonds is 3. The van der Waals surface area contributed by atoms with E-state index in [9.17, 15) is 4.79 Å². The highest BCUT2D eigenvalue weighted by molar-refractivity contribution is 7.12.